The number of hydrogen-bond acceptors (Lipinski definition) is 11. The number of hydrogen-bond donors (Lipinski definition) is 4. The zero-order valence-electron chi connectivity index (χ0n) is 17.7. The Balaban J connectivity index is 1.33. The number of halogens is 2. The molecule has 0 bridgehead atoms. The SMILES string of the molecule is CC(CSc1nc2cc(Cl)ccc2s1)Nc1nc(Cl)nc2c1ncn2[C@@H]1O[C@H](CO)C(O)C1O. The van der Waals surface area contributed by atoms with Gasteiger partial charge in [0.25, 0.3) is 0 Å². The summed E-state index contributed by atoms with van der Waals surface area (Å²) in [5.41, 5.74) is 1.65. The van der Waals surface area contributed by atoms with Crippen LogP contribution in [0.4, 0.5) is 5.82 Å². The highest BCUT2D eigenvalue weighted by molar-refractivity contribution is 8.01. The van der Waals surface area contributed by atoms with Crippen LogP contribution in [0.3, 0.4) is 0 Å². The molecule has 34 heavy (non-hydrogen) atoms. The fourth-order valence-electron chi connectivity index (χ4n) is 3.70. The highest BCUT2D eigenvalue weighted by atomic mass is 35.5. The molecule has 0 spiro atoms. The van der Waals surface area contributed by atoms with Crippen LogP contribution < -0.4 is 5.32 Å². The third kappa shape index (κ3) is 4.56. The molecule has 3 unspecified atom stereocenters. The number of anilines is 1. The van der Waals surface area contributed by atoms with E-state index in [0.29, 0.717) is 27.8 Å². The van der Waals surface area contributed by atoms with Gasteiger partial charge >= 0.3 is 0 Å². The van der Waals surface area contributed by atoms with Gasteiger partial charge in [0.1, 0.15) is 18.3 Å². The first-order valence-electron chi connectivity index (χ1n) is 10.3. The summed E-state index contributed by atoms with van der Waals surface area (Å²) < 4.78 is 9.09. The molecule has 10 nitrogen and oxygen atoms in total. The molecule has 0 saturated carbocycles. The van der Waals surface area contributed by atoms with Gasteiger partial charge in [0.2, 0.25) is 5.28 Å². The second-order valence-corrected chi connectivity index (χ2v) is 10.9. The van der Waals surface area contributed by atoms with Gasteiger partial charge in [-0.05, 0) is 36.7 Å². The molecule has 5 rings (SSSR count). The zero-order chi connectivity index (χ0) is 24.0. The second kappa shape index (κ2) is 9.70. The minimum atomic E-state index is -1.27. The van der Waals surface area contributed by atoms with Crippen molar-refractivity contribution in [3.05, 3.63) is 34.8 Å². The van der Waals surface area contributed by atoms with Crippen LogP contribution in [0.1, 0.15) is 13.2 Å². The van der Waals surface area contributed by atoms with E-state index in [1.54, 1.807) is 23.1 Å². The molecule has 4 aromatic rings. The zero-order valence-corrected chi connectivity index (χ0v) is 20.8. The summed E-state index contributed by atoms with van der Waals surface area (Å²) in [7, 11) is 0. The molecule has 0 amide bonds. The molecule has 4 heterocycles. The van der Waals surface area contributed by atoms with Gasteiger partial charge in [0, 0.05) is 16.8 Å². The van der Waals surface area contributed by atoms with Gasteiger partial charge < -0.3 is 25.4 Å². The van der Waals surface area contributed by atoms with E-state index in [2.05, 4.69) is 25.3 Å². The number of rotatable bonds is 7. The lowest BCUT2D eigenvalue weighted by Gasteiger charge is -2.17. The highest BCUT2D eigenvalue weighted by Gasteiger charge is 2.44. The number of aliphatic hydroxyl groups is 3. The van der Waals surface area contributed by atoms with Crippen LogP contribution in [0.15, 0.2) is 28.9 Å². The molecule has 5 atom stereocenters. The molecule has 3 aromatic heterocycles. The van der Waals surface area contributed by atoms with Gasteiger partial charge in [0.15, 0.2) is 27.5 Å². The molecule has 0 aliphatic carbocycles. The minimum absolute atomic E-state index is 0.00796. The summed E-state index contributed by atoms with van der Waals surface area (Å²) in [5.74, 6) is 1.14. The molecule has 0 radical (unpaired) electrons. The predicted molar refractivity (Wildman–Crippen MR) is 132 cm³/mol. The number of nitrogens with one attached hydrogen (secondary N) is 1. The van der Waals surface area contributed by atoms with Gasteiger partial charge in [-0.1, -0.05) is 23.4 Å². The average molecular weight is 543 g/mol. The van der Waals surface area contributed by atoms with Crippen molar-refractivity contribution in [1.82, 2.24) is 24.5 Å². The van der Waals surface area contributed by atoms with Gasteiger partial charge in [0.05, 0.1) is 23.2 Å². The Bertz CT molecular complexity index is 1340. The Kier molecular flexibility index (Phi) is 6.84. The number of aliphatic hydroxyl groups excluding tert-OH is 3. The Morgan fingerprint density at radius 3 is 2.82 bits per heavy atom. The van der Waals surface area contributed by atoms with Crippen LogP contribution in [0.2, 0.25) is 10.3 Å². The van der Waals surface area contributed by atoms with E-state index in [1.165, 1.54) is 10.9 Å². The van der Waals surface area contributed by atoms with Crippen LogP contribution in [0.5, 0.6) is 0 Å². The number of fused-ring (bicyclic) bond motifs is 2. The van der Waals surface area contributed by atoms with Crippen LogP contribution >= 0.6 is 46.3 Å². The van der Waals surface area contributed by atoms with Crippen molar-refractivity contribution >= 4 is 73.5 Å². The van der Waals surface area contributed by atoms with Crippen molar-refractivity contribution in [1.29, 1.82) is 0 Å². The van der Waals surface area contributed by atoms with E-state index in [0.717, 1.165) is 14.6 Å². The van der Waals surface area contributed by atoms with Crippen LogP contribution in [-0.4, -0.2) is 76.5 Å². The number of nitrogens with zero attached hydrogens (tertiary/aromatic N) is 5. The maximum atomic E-state index is 10.4. The number of ether oxygens (including phenoxy) is 1. The van der Waals surface area contributed by atoms with E-state index in [1.807, 2.05) is 25.1 Å². The minimum Gasteiger partial charge on any atom is -0.394 e. The lowest BCUT2D eigenvalue weighted by Crippen LogP contribution is -2.33. The van der Waals surface area contributed by atoms with Gasteiger partial charge in [-0.2, -0.15) is 9.97 Å². The number of imidazole rings is 1. The molecule has 1 aliphatic heterocycles. The summed E-state index contributed by atoms with van der Waals surface area (Å²) in [4.78, 5) is 17.5. The maximum Gasteiger partial charge on any atom is 0.226 e. The number of benzene rings is 1. The van der Waals surface area contributed by atoms with E-state index in [4.69, 9.17) is 27.9 Å². The normalized spacial score (nSPS) is 23.7. The molecular formula is C20H20Cl2N6O4S2. The Labute approximate surface area is 211 Å². The van der Waals surface area contributed by atoms with Crippen molar-refractivity contribution in [2.75, 3.05) is 17.7 Å². The first kappa shape index (κ1) is 23.9. The monoisotopic (exact) mass is 542 g/mol. The quantitative estimate of drug-likeness (QED) is 0.203. The highest BCUT2D eigenvalue weighted by Crippen LogP contribution is 2.34. The van der Waals surface area contributed by atoms with E-state index in [-0.39, 0.29) is 11.3 Å². The van der Waals surface area contributed by atoms with E-state index in [9.17, 15) is 15.3 Å². The lowest BCUT2D eigenvalue weighted by molar-refractivity contribution is -0.0511. The predicted octanol–water partition coefficient (Wildman–Crippen LogP) is 2.95. The third-order valence-corrected chi connectivity index (χ3v) is 8.20. The molecule has 180 valence electrons. The van der Waals surface area contributed by atoms with Gasteiger partial charge in [-0.15, -0.1) is 11.3 Å². The topological polar surface area (TPSA) is 138 Å². The summed E-state index contributed by atoms with van der Waals surface area (Å²) in [6.45, 7) is 1.57. The van der Waals surface area contributed by atoms with Crippen LogP contribution in [-0.2, 0) is 4.74 Å². The molecule has 4 N–H and O–H groups in total. The van der Waals surface area contributed by atoms with Crippen molar-refractivity contribution < 1.29 is 20.1 Å². The van der Waals surface area contributed by atoms with Crippen LogP contribution in [0.25, 0.3) is 21.4 Å². The van der Waals surface area contributed by atoms with Gasteiger partial charge in [-0.3, -0.25) is 4.57 Å². The van der Waals surface area contributed by atoms with Gasteiger partial charge in [-0.25, -0.2) is 9.97 Å². The van der Waals surface area contributed by atoms with Crippen LogP contribution in [0, 0.1) is 0 Å². The van der Waals surface area contributed by atoms with Crippen molar-refractivity contribution in [3.63, 3.8) is 0 Å². The molecular weight excluding hydrogens is 523 g/mol. The molecule has 1 saturated heterocycles. The number of thiazole rings is 1. The maximum absolute atomic E-state index is 10.4. The fraction of sp³-hybridized carbons (Fsp3) is 0.400. The fourth-order valence-corrected chi connectivity index (χ4v) is 6.06. The first-order chi connectivity index (χ1) is 16.3. The Morgan fingerprint density at radius 2 is 2.06 bits per heavy atom. The average Bonchev–Trinajstić information content (AvgIpc) is 3.48. The Morgan fingerprint density at radius 1 is 1.24 bits per heavy atom. The lowest BCUT2D eigenvalue weighted by atomic mass is 10.1. The molecule has 1 fully saturated rings. The van der Waals surface area contributed by atoms with Crippen molar-refractivity contribution in [3.8, 4) is 0 Å². The molecule has 1 aliphatic rings. The standard InChI is InChI=1S/C20H20Cl2N6O4S2/c1-8(6-33-20-25-10-4-9(21)2-3-12(10)34-20)24-16-13-17(27-19(22)26-16)28(7-23-13)18-15(31)14(30)11(5-29)32-18/h2-4,7-8,11,14-15,18,29-31H,5-6H2,1H3,(H,24,26,27)/t8?,11-,14?,15?,18-/m1/s1. The Hall–Kier alpha value is -1.77. The number of thioether (sulfide) groups is 1. The largest absolute Gasteiger partial charge is 0.394 e. The smallest absolute Gasteiger partial charge is 0.226 e. The summed E-state index contributed by atoms with van der Waals surface area (Å²) >= 11 is 15.4. The van der Waals surface area contributed by atoms with Crippen molar-refractivity contribution in [2.45, 2.75) is 41.8 Å². The molecule has 14 heteroatoms. The second-order valence-electron chi connectivity index (χ2n) is 7.84. The molecule has 1 aromatic carbocycles. The summed E-state index contributed by atoms with van der Waals surface area (Å²) in [5, 5.41) is 33.8. The van der Waals surface area contributed by atoms with E-state index >= 15 is 0 Å². The summed E-state index contributed by atoms with van der Waals surface area (Å²) in [6.07, 6.45) is -2.96. The first-order valence-corrected chi connectivity index (χ1v) is 12.9. The third-order valence-electron chi connectivity index (χ3n) is 5.36. The van der Waals surface area contributed by atoms with Crippen molar-refractivity contribution in [2.24, 2.45) is 0 Å². The summed E-state index contributed by atoms with van der Waals surface area (Å²) in [6, 6.07) is 5.64. The van der Waals surface area contributed by atoms with E-state index < -0.39 is 31.1 Å². The number of aromatic nitrogens is 5.